The molecule has 0 aromatic carbocycles. The van der Waals surface area contributed by atoms with Crippen LogP contribution in [0.5, 0.6) is 0 Å². The maximum atomic E-state index is 6.68. The lowest BCUT2D eigenvalue weighted by molar-refractivity contribution is 0.0841. The van der Waals surface area contributed by atoms with Gasteiger partial charge in [0.1, 0.15) is 0 Å². The molecule has 0 rings (SSSR count). The predicted molar refractivity (Wildman–Crippen MR) is 129 cm³/mol. The Morgan fingerprint density at radius 1 is 0.464 bits per heavy atom. The monoisotopic (exact) mass is 484 g/mol. The van der Waals surface area contributed by atoms with Crippen molar-refractivity contribution in [2.45, 2.75) is 79.7 Å². The van der Waals surface area contributed by atoms with Crippen LogP contribution in [0.1, 0.15) is 20.8 Å². The quantitative estimate of drug-likeness (QED) is 0.317. The summed E-state index contributed by atoms with van der Waals surface area (Å²) >= 11 is 0. The number of hydrogen-bond donors (Lipinski definition) is 0. The Labute approximate surface area is 179 Å². The maximum Gasteiger partial charge on any atom is 0.529 e. The van der Waals surface area contributed by atoms with Crippen LogP contribution in [-0.4, -0.2) is 62.4 Å². The third kappa shape index (κ3) is 12.3. The fourth-order valence-corrected chi connectivity index (χ4v) is 18.6. The van der Waals surface area contributed by atoms with E-state index in [0.29, 0.717) is 19.8 Å². The summed E-state index contributed by atoms with van der Waals surface area (Å²) in [6.45, 7) is 26.9. The Balaban J connectivity index is 6.31. The standard InChI is InChI=1S/C17H44O6Si5/c1-13-18-27(19-14-2,20-15-3)16-17-28(21-24(4,5)6,22-25(7,8)9)23-26(10,11)12/h16-17H,13-15H2,1-12H3/b17-16+. The summed E-state index contributed by atoms with van der Waals surface area (Å²) in [5.41, 5.74) is 3.94. The largest absolute Gasteiger partial charge is 0.529 e. The van der Waals surface area contributed by atoms with Crippen LogP contribution in [-0.2, 0) is 25.6 Å². The summed E-state index contributed by atoms with van der Waals surface area (Å²) in [4.78, 5) is 0. The average molecular weight is 485 g/mol. The Bertz CT molecular complexity index is 424. The SMILES string of the molecule is CCO[Si](/C=C/[Si](O[Si](C)(C)C)(O[Si](C)(C)C)O[Si](C)(C)C)(OCC)OCC. The van der Waals surface area contributed by atoms with Gasteiger partial charge in [-0.25, -0.2) is 0 Å². The van der Waals surface area contributed by atoms with Crippen molar-refractivity contribution in [3.63, 3.8) is 0 Å². The lowest BCUT2D eigenvalue weighted by atomic mass is 10.9. The van der Waals surface area contributed by atoms with E-state index in [-0.39, 0.29) is 0 Å². The van der Waals surface area contributed by atoms with E-state index in [1.54, 1.807) is 0 Å². The second kappa shape index (κ2) is 11.3. The molecule has 0 N–H and O–H groups in total. The van der Waals surface area contributed by atoms with Gasteiger partial charge < -0.3 is 25.6 Å². The van der Waals surface area contributed by atoms with Crippen molar-refractivity contribution < 1.29 is 25.6 Å². The molecule has 0 aliphatic carbocycles. The van der Waals surface area contributed by atoms with E-state index in [4.69, 9.17) is 25.6 Å². The second-order valence-electron chi connectivity index (χ2n) is 9.48. The van der Waals surface area contributed by atoms with Gasteiger partial charge in [0.15, 0.2) is 25.0 Å². The van der Waals surface area contributed by atoms with Crippen molar-refractivity contribution in [3.8, 4) is 0 Å². The van der Waals surface area contributed by atoms with Gasteiger partial charge in [0.05, 0.1) is 0 Å². The molecule has 28 heavy (non-hydrogen) atoms. The van der Waals surface area contributed by atoms with Crippen LogP contribution in [0.15, 0.2) is 11.4 Å². The molecular formula is C17H44O6Si5. The lowest BCUT2D eigenvalue weighted by Gasteiger charge is -2.41. The van der Waals surface area contributed by atoms with Crippen LogP contribution < -0.4 is 0 Å². The molecule has 0 radical (unpaired) electrons. The minimum atomic E-state index is -3.10. The molecular weight excluding hydrogens is 441 g/mol. The zero-order valence-corrected chi connectivity index (χ0v) is 25.2. The van der Waals surface area contributed by atoms with Gasteiger partial charge in [0, 0.05) is 19.8 Å². The van der Waals surface area contributed by atoms with Gasteiger partial charge in [0.25, 0.3) is 0 Å². The van der Waals surface area contributed by atoms with Gasteiger partial charge >= 0.3 is 17.6 Å². The number of rotatable bonds is 14. The molecule has 0 aromatic heterocycles. The van der Waals surface area contributed by atoms with Crippen LogP contribution in [0.2, 0.25) is 58.9 Å². The molecule has 0 atom stereocenters. The third-order valence-electron chi connectivity index (χ3n) is 2.87. The molecule has 0 aliphatic heterocycles. The molecule has 6 nitrogen and oxygen atoms in total. The molecule has 0 saturated heterocycles. The summed E-state index contributed by atoms with van der Waals surface area (Å²) in [5.74, 6) is 0. The Morgan fingerprint density at radius 2 is 0.714 bits per heavy atom. The Hall–Kier alpha value is 0.584. The highest BCUT2D eigenvalue weighted by Crippen LogP contribution is 2.28. The fourth-order valence-electron chi connectivity index (χ4n) is 2.52. The fraction of sp³-hybridized carbons (Fsp3) is 0.882. The Morgan fingerprint density at radius 3 is 0.929 bits per heavy atom. The molecule has 0 aliphatic rings. The minimum Gasteiger partial charge on any atom is -0.414 e. The van der Waals surface area contributed by atoms with Crippen molar-refractivity contribution in [2.75, 3.05) is 19.8 Å². The highest BCUT2D eigenvalue weighted by Gasteiger charge is 2.50. The van der Waals surface area contributed by atoms with Crippen LogP contribution in [0.25, 0.3) is 0 Å². The molecule has 0 fully saturated rings. The van der Waals surface area contributed by atoms with Gasteiger partial charge in [0.2, 0.25) is 0 Å². The third-order valence-corrected chi connectivity index (χ3v) is 17.2. The van der Waals surface area contributed by atoms with Crippen molar-refractivity contribution >= 4 is 42.6 Å². The zero-order valence-electron chi connectivity index (χ0n) is 20.2. The van der Waals surface area contributed by atoms with Gasteiger partial charge in [-0.05, 0) is 91.1 Å². The normalized spacial score (nSPS) is 14.9. The minimum absolute atomic E-state index is 0.518. The summed E-state index contributed by atoms with van der Waals surface area (Å²) in [6, 6.07) is 0. The summed E-state index contributed by atoms with van der Waals surface area (Å²) in [6.07, 6.45) is 0. The highest BCUT2D eigenvalue weighted by atomic mass is 28.5. The van der Waals surface area contributed by atoms with E-state index < -0.39 is 42.6 Å². The second-order valence-corrected chi connectivity index (χ2v) is 28.6. The van der Waals surface area contributed by atoms with Crippen LogP contribution in [0.4, 0.5) is 0 Å². The molecule has 0 saturated carbocycles. The van der Waals surface area contributed by atoms with E-state index in [1.165, 1.54) is 0 Å². The molecule has 0 amide bonds. The molecule has 0 aromatic rings. The van der Waals surface area contributed by atoms with E-state index in [9.17, 15) is 0 Å². The first kappa shape index (κ1) is 28.6. The first-order chi connectivity index (χ1) is 12.5. The van der Waals surface area contributed by atoms with E-state index in [0.717, 1.165) is 0 Å². The average Bonchev–Trinajstić information content (AvgIpc) is 2.40. The van der Waals surface area contributed by atoms with Crippen molar-refractivity contribution in [2.24, 2.45) is 0 Å². The lowest BCUT2D eigenvalue weighted by Crippen LogP contribution is -2.60. The van der Waals surface area contributed by atoms with Crippen molar-refractivity contribution in [3.05, 3.63) is 11.4 Å². The highest BCUT2D eigenvalue weighted by molar-refractivity contribution is 6.92. The van der Waals surface area contributed by atoms with Crippen molar-refractivity contribution in [1.29, 1.82) is 0 Å². The van der Waals surface area contributed by atoms with E-state index in [1.807, 2.05) is 32.2 Å². The van der Waals surface area contributed by atoms with Crippen LogP contribution >= 0.6 is 0 Å². The Kier molecular flexibility index (Phi) is 11.5. The zero-order chi connectivity index (χ0) is 22.3. The van der Waals surface area contributed by atoms with Crippen LogP contribution in [0, 0.1) is 0 Å². The van der Waals surface area contributed by atoms with Gasteiger partial charge in [-0.1, -0.05) is 0 Å². The summed E-state index contributed by atoms with van der Waals surface area (Å²) in [7, 11) is -11.9. The van der Waals surface area contributed by atoms with E-state index in [2.05, 4.69) is 58.9 Å². The first-order valence-electron chi connectivity index (χ1n) is 10.2. The molecule has 0 spiro atoms. The predicted octanol–water partition coefficient (Wildman–Crippen LogP) is 5.16. The molecule has 168 valence electrons. The topological polar surface area (TPSA) is 55.4 Å². The molecule has 0 unspecified atom stereocenters. The maximum absolute atomic E-state index is 6.68. The molecule has 11 heteroatoms. The van der Waals surface area contributed by atoms with Gasteiger partial charge in [-0.15, -0.1) is 0 Å². The van der Waals surface area contributed by atoms with Crippen LogP contribution in [0.3, 0.4) is 0 Å². The summed E-state index contributed by atoms with van der Waals surface area (Å²) in [5, 5.41) is 0. The smallest absolute Gasteiger partial charge is 0.414 e. The van der Waals surface area contributed by atoms with E-state index >= 15 is 0 Å². The van der Waals surface area contributed by atoms with Crippen molar-refractivity contribution in [1.82, 2.24) is 0 Å². The summed E-state index contributed by atoms with van der Waals surface area (Å²) < 4.78 is 38.0. The van der Waals surface area contributed by atoms with Gasteiger partial charge in [-0.2, -0.15) is 0 Å². The number of hydrogen-bond acceptors (Lipinski definition) is 6. The molecule has 0 heterocycles. The molecule has 0 bridgehead atoms. The van der Waals surface area contributed by atoms with Gasteiger partial charge in [-0.3, -0.25) is 0 Å². The first-order valence-corrected chi connectivity index (χ1v) is 24.1.